The first-order chi connectivity index (χ1) is 6.51. The fraction of sp³-hybridized carbons (Fsp3) is 0.800. The molecule has 0 aromatic rings. The molecule has 0 radical (unpaired) electrons. The third-order valence-corrected chi connectivity index (χ3v) is 2.77. The van der Waals surface area contributed by atoms with Gasteiger partial charge in [0.05, 0.1) is 5.92 Å². The zero-order valence-corrected chi connectivity index (χ0v) is 8.86. The second kappa shape index (κ2) is 3.98. The zero-order valence-electron chi connectivity index (χ0n) is 8.86. The largest absolute Gasteiger partial charge is 0.481 e. The Morgan fingerprint density at radius 2 is 2.29 bits per heavy atom. The Labute approximate surface area is 83.9 Å². The number of hydrogen-bond donors (Lipinski definition) is 1. The van der Waals surface area contributed by atoms with Gasteiger partial charge in [0.2, 0.25) is 0 Å². The van der Waals surface area contributed by atoms with E-state index in [2.05, 4.69) is 5.16 Å². The summed E-state index contributed by atoms with van der Waals surface area (Å²) in [4.78, 5) is 15.7. The fourth-order valence-corrected chi connectivity index (χ4v) is 1.68. The van der Waals surface area contributed by atoms with Crippen LogP contribution in [-0.2, 0) is 9.63 Å². The smallest absolute Gasteiger partial charge is 0.307 e. The molecule has 1 saturated carbocycles. The molecule has 0 aromatic carbocycles. The lowest BCUT2D eigenvalue weighted by Crippen LogP contribution is -2.03. The van der Waals surface area contributed by atoms with Crippen molar-refractivity contribution in [2.75, 3.05) is 6.61 Å². The van der Waals surface area contributed by atoms with Crippen molar-refractivity contribution in [2.45, 2.75) is 27.2 Å². The lowest BCUT2D eigenvalue weighted by Gasteiger charge is -1.96. The maximum absolute atomic E-state index is 10.8. The molecule has 0 saturated heterocycles. The third kappa shape index (κ3) is 2.05. The maximum Gasteiger partial charge on any atom is 0.307 e. The van der Waals surface area contributed by atoms with Gasteiger partial charge in [-0.2, -0.15) is 0 Å². The topological polar surface area (TPSA) is 58.9 Å². The first-order valence-corrected chi connectivity index (χ1v) is 4.90. The molecule has 1 rings (SSSR count). The van der Waals surface area contributed by atoms with Crippen LogP contribution in [0.15, 0.2) is 5.16 Å². The summed E-state index contributed by atoms with van der Waals surface area (Å²) in [7, 11) is 0. The van der Waals surface area contributed by atoms with Gasteiger partial charge in [-0.05, 0) is 11.8 Å². The Balaban J connectivity index is 2.41. The lowest BCUT2D eigenvalue weighted by atomic mass is 10.1. The van der Waals surface area contributed by atoms with Gasteiger partial charge in [-0.3, -0.25) is 4.79 Å². The Kier molecular flexibility index (Phi) is 3.13. The van der Waals surface area contributed by atoms with Crippen molar-refractivity contribution < 1.29 is 14.7 Å². The summed E-state index contributed by atoms with van der Waals surface area (Å²) in [5.74, 6) is -1.05. The normalized spacial score (nSPS) is 29.1. The van der Waals surface area contributed by atoms with Crippen molar-refractivity contribution in [3.05, 3.63) is 0 Å². The van der Waals surface area contributed by atoms with E-state index < -0.39 is 5.97 Å². The molecule has 0 bridgehead atoms. The highest BCUT2D eigenvalue weighted by atomic mass is 16.6. The molecule has 0 aromatic heterocycles. The van der Waals surface area contributed by atoms with E-state index in [9.17, 15) is 4.79 Å². The maximum atomic E-state index is 10.8. The number of carboxylic acids is 1. The monoisotopic (exact) mass is 199 g/mol. The van der Waals surface area contributed by atoms with Crippen LogP contribution in [0, 0.1) is 17.3 Å². The predicted molar refractivity (Wildman–Crippen MR) is 53.1 cm³/mol. The lowest BCUT2D eigenvalue weighted by molar-refractivity contribution is -0.139. The highest BCUT2D eigenvalue weighted by molar-refractivity contribution is 5.84. The van der Waals surface area contributed by atoms with Crippen molar-refractivity contribution in [3.8, 4) is 0 Å². The van der Waals surface area contributed by atoms with Crippen molar-refractivity contribution in [1.82, 2.24) is 0 Å². The molecule has 14 heavy (non-hydrogen) atoms. The van der Waals surface area contributed by atoms with E-state index in [-0.39, 0.29) is 17.3 Å². The molecule has 4 heteroatoms. The van der Waals surface area contributed by atoms with Crippen LogP contribution in [0.3, 0.4) is 0 Å². The zero-order chi connectivity index (χ0) is 10.8. The van der Waals surface area contributed by atoms with Crippen LogP contribution >= 0.6 is 0 Å². The van der Waals surface area contributed by atoms with Crippen LogP contribution in [0.1, 0.15) is 27.2 Å². The first-order valence-electron chi connectivity index (χ1n) is 4.90. The van der Waals surface area contributed by atoms with Crippen molar-refractivity contribution in [1.29, 1.82) is 0 Å². The molecule has 1 unspecified atom stereocenters. The van der Waals surface area contributed by atoms with Gasteiger partial charge in [0.25, 0.3) is 0 Å². The number of aliphatic carboxylic acids is 1. The van der Waals surface area contributed by atoms with E-state index in [4.69, 9.17) is 9.94 Å². The number of carboxylic acid groups (broad SMARTS) is 1. The molecule has 2 atom stereocenters. The number of carbonyl (C=O) groups is 1. The van der Waals surface area contributed by atoms with E-state index in [0.717, 1.165) is 6.42 Å². The van der Waals surface area contributed by atoms with E-state index in [1.807, 2.05) is 20.8 Å². The van der Waals surface area contributed by atoms with E-state index >= 15 is 0 Å². The number of hydrogen-bond acceptors (Lipinski definition) is 3. The Morgan fingerprint density at radius 3 is 2.71 bits per heavy atom. The number of oxime groups is 1. The predicted octanol–water partition coefficient (Wildman–Crippen LogP) is 1.76. The molecule has 1 N–H and O–H groups in total. The molecule has 0 spiro atoms. The van der Waals surface area contributed by atoms with Crippen LogP contribution in [0.2, 0.25) is 0 Å². The van der Waals surface area contributed by atoms with Gasteiger partial charge in [-0.25, -0.2) is 0 Å². The van der Waals surface area contributed by atoms with Crippen LogP contribution in [-0.4, -0.2) is 23.9 Å². The van der Waals surface area contributed by atoms with Gasteiger partial charge in [0.1, 0.15) is 6.61 Å². The fourth-order valence-electron chi connectivity index (χ4n) is 1.68. The van der Waals surface area contributed by atoms with Crippen LogP contribution in [0.5, 0.6) is 0 Å². The summed E-state index contributed by atoms with van der Waals surface area (Å²) >= 11 is 0. The Bertz CT molecular complexity index is 248. The Morgan fingerprint density at radius 1 is 1.64 bits per heavy atom. The third-order valence-electron chi connectivity index (χ3n) is 2.77. The van der Waals surface area contributed by atoms with E-state index in [1.165, 1.54) is 0 Å². The van der Waals surface area contributed by atoms with Gasteiger partial charge in [0.15, 0.2) is 0 Å². The minimum absolute atomic E-state index is 0.0110. The second-order valence-corrected chi connectivity index (χ2v) is 4.25. The summed E-state index contributed by atoms with van der Waals surface area (Å²) in [6.45, 7) is 6.45. The van der Waals surface area contributed by atoms with Gasteiger partial charge >= 0.3 is 5.97 Å². The SMILES string of the molecule is CCCON=CC1[C@@H](C(=O)O)C1(C)C. The molecule has 0 amide bonds. The van der Waals surface area contributed by atoms with Gasteiger partial charge < -0.3 is 9.94 Å². The summed E-state index contributed by atoms with van der Waals surface area (Å²) in [5, 5.41) is 12.6. The molecule has 4 nitrogen and oxygen atoms in total. The number of nitrogens with zero attached hydrogens (tertiary/aromatic N) is 1. The summed E-state index contributed by atoms with van der Waals surface area (Å²) < 4.78 is 0. The summed E-state index contributed by atoms with van der Waals surface area (Å²) in [6, 6.07) is 0. The molecule has 1 fully saturated rings. The average molecular weight is 199 g/mol. The van der Waals surface area contributed by atoms with E-state index in [0.29, 0.717) is 6.61 Å². The second-order valence-electron chi connectivity index (χ2n) is 4.25. The van der Waals surface area contributed by atoms with E-state index in [1.54, 1.807) is 6.21 Å². The number of rotatable bonds is 5. The first kappa shape index (κ1) is 11.0. The summed E-state index contributed by atoms with van der Waals surface area (Å²) in [5.41, 5.74) is -0.176. The van der Waals surface area contributed by atoms with Gasteiger partial charge in [0, 0.05) is 12.1 Å². The van der Waals surface area contributed by atoms with Crippen LogP contribution in [0.25, 0.3) is 0 Å². The molecular weight excluding hydrogens is 182 g/mol. The standard InChI is InChI=1S/C10H17NO3/c1-4-5-14-11-6-7-8(9(12)13)10(7,2)3/h6-8H,4-5H2,1-3H3,(H,12,13)/t7?,8-/m0/s1. The van der Waals surface area contributed by atoms with Crippen molar-refractivity contribution in [2.24, 2.45) is 22.4 Å². The Hall–Kier alpha value is -1.06. The van der Waals surface area contributed by atoms with Crippen molar-refractivity contribution >= 4 is 12.2 Å². The highest BCUT2D eigenvalue weighted by Gasteiger charge is 2.61. The molecular formula is C10H17NO3. The van der Waals surface area contributed by atoms with Gasteiger partial charge in [-0.1, -0.05) is 25.9 Å². The molecule has 1 aliphatic rings. The molecule has 0 heterocycles. The summed E-state index contributed by atoms with van der Waals surface area (Å²) in [6.07, 6.45) is 2.53. The molecule has 80 valence electrons. The van der Waals surface area contributed by atoms with Crippen LogP contribution < -0.4 is 0 Å². The van der Waals surface area contributed by atoms with Crippen LogP contribution in [0.4, 0.5) is 0 Å². The highest BCUT2D eigenvalue weighted by Crippen LogP contribution is 2.57. The average Bonchev–Trinajstić information content (AvgIpc) is 2.62. The minimum atomic E-state index is -0.748. The minimum Gasteiger partial charge on any atom is -0.481 e. The van der Waals surface area contributed by atoms with Gasteiger partial charge in [-0.15, -0.1) is 0 Å². The quantitative estimate of drug-likeness (QED) is 0.417. The molecule has 0 aliphatic heterocycles. The molecule has 1 aliphatic carbocycles. The van der Waals surface area contributed by atoms with Crippen molar-refractivity contribution in [3.63, 3.8) is 0 Å².